The van der Waals surface area contributed by atoms with Crippen LogP contribution in [0.3, 0.4) is 0 Å². The number of aliphatic imine (C=N–C) groups is 2. The number of rotatable bonds is 15. The number of nitrogen functional groups attached to an aromatic ring is 2. The number of nitrogens with zero attached hydrogens (tertiary/aromatic N) is 9. The minimum absolute atomic E-state index is 0.0383. The number of pyridine rings is 2. The first kappa shape index (κ1) is 45.6. The van der Waals surface area contributed by atoms with E-state index in [0.717, 1.165) is 67.5 Å². The summed E-state index contributed by atoms with van der Waals surface area (Å²) in [6.45, 7) is 15.1. The first-order chi connectivity index (χ1) is 32.0. The molecule has 0 radical (unpaired) electrons. The van der Waals surface area contributed by atoms with Crippen LogP contribution in [0.5, 0.6) is 0 Å². The number of aliphatic hydroxyl groups is 1. The number of nitrogens with two attached hydrogens (primary N) is 2. The molecule has 9 rings (SSSR count). The van der Waals surface area contributed by atoms with E-state index in [1.807, 2.05) is 106 Å². The van der Waals surface area contributed by atoms with Crippen LogP contribution in [0, 0.1) is 0 Å². The molecule has 16 heteroatoms. The summed E-state index contributed by atoms with van der Waals surface area (Å²) in [4.78, 5) is 42.1. The Kier molecular flexibility index (Phi) is 13.8. The molecule has 342 valence electrons. The second kappa shape index (κ2) is 20.0. The van der Waals surface area contributed by atoms with E-state index >= 15 is 0 Å². The molecule has 0 spiro atoms. The number of carbonyl (C=O) groups is 1. The van der Waals surface area contributed by atoms with Gasteiger partial charge in [0.15, 0.2) is 11.6 Å². The van der Waals surface area contributed by atoms with E-state index in [-0.39, 0.29) is 19.2 Å². The lowest BCUT2D eigenvalue weighted by Gasteiger charge is -2.26. The lowest BCUT2D eigenvalue weighted by atomic mass is 10.0. The van der Waals surface area contributed by atoms with Crippen molar-refractivity contribution >= 4 is 85.2 Å². The molecule has 0 unspecified atom stereocenters. The molecule has 6 N–H and O–H groups in total. The number of imidazole rings is 2. The summed E-state index contributed by atoms with van der Waals surface area (Å²) >= 11 is 0. The highest BCUT2D eigenvalue weighted by atomic mass is 16.6. The maximum Gasteiger partial charge on any atom is 0.410 e. The fourth-order valence-electron chi connectivity index (χ4n) is 8.18. The van der Waals surface area contributed by atoms with E-state index in [1.54, 1.807) is 4.90 Å². The predicted octanol–water partition coefficient (Wildman–Crippen LogP) is 7.34. The molecule has 2 aliphatic heterocycles. The number of aromatic nitrogens is 6. The summed E-state index contributed by atoms with van der Waals surface area (Å²) in [5, 5.41) is 14.8. The Labute approximate surface area is 383 Å². The maximum atomic E-state index is 13.0. The van der Waals surface area contributed by atoms with Crippen molar-refractivity contribution in [2.45, 2.75) is 73.0 Å². The Balaban J connectivity index is 0.000000196. The molecule has 0 bridgehead atoms. The van der Waals surface area contributed by atoms with Gasteiger partial charge in [0.1, 0.15) is 28.3 Å². The normalized spacial score (nSPS) is 13.5. The van der Waals surface area contributed by atoms with Crippen LogP contribution in [-0.2, 0) is 42.3 Å². The summed E-state index contributed by atoms with van der Waals surface area (Å²) in [5.74, 6) is 2.31. The summed E-state index contributed by atoms with van der Waals surface area (Å²) in [6, 6.07) is 22.5. The van der Waals surface area contributed by atoms with Gasteiger partial charge in [0.05, 0.1) is 68.1 Å². The number of allylic oxidation sites excluding steroid dienone is 2. The van der Waals surface area contributed by atoms with Crippen molar-refractivity contribution in [3.05, 3.63) is 107 Å². The van der Waals surface area contributed by atoms with Gasteiger partial charge in [-0.1, -0.05) is 61.5 Å². The smallest absolute Gasteiger partial charge is 0.410 e. The Morgan fingerprint density at radius 1 is 0.788 bits per heavy atom. The highest BCUT2D eigenvalue weighted by Crippen LogP contribution is 2.33. The van der Waals surface area contributed by atoms with Crippen LogP contribution >= 0.6 is 0 Å². The molecule has 0 aliphatic carbocycles. The number of hydrogen-bond acceptors (Lipinski definition) is 13. The average Bonchev–Trinajstić information content (AvgIpc) is 4.15. The highest BCUT2D eigenvalue weighted by Gasteiger charge is 2.25. The quantitative estimate of drug-likeness (QED) is 0.0749. The largest absolute Gasteiger partial charge is 0.444 e. The van der Waals surface area contributed by atoms with Crippen molar-refractivity contribution in [3.63, 3.8) is 0 Å². The Hall–Kier alpha value is -7.01. The van der Waals surface area contributed by atoms with Crippen LogP contribution in [0.4, 0.5) is 16.4 Å². The van der Waals surface area contributed by atoms with Crippen LogP contribution in [0.2, 0.25) is 0 Å². The monoisotopic (exact) mass is 890 g/mol. The van der Waals surface area contributed by atoms with Gasteiger partial charge in [-0.25, -0.2) is 24.7 Å². The van der Waals surface area contributed by atoms with E-state index in [4.69, 9.17) is 30.9 Å². The number of benzene rings is 3. The summed E-state index contributed by atoms with van der Waals surface area (Å²) in [7, 11) is 0. The van der Waals surface area contributed by atoms with Crippen LogP contribution in [0.15, 0.2) is 88.9 Å². The van der Waals surface area contributed by atoms with Gasteiger partial charge in [-0.05, 0) is 86.4 Å². The third-order valence-electron chi connectivity index (χ3n) is 11.4. The lowest BCUT2D eigenvalue weighted by Crippen LogP contribution is -2.37. The number of hydrogen-bond donors (Lipinski definition) is 4. The number of nitrogens with one attached hydrogen (secondary N) is 1. The second-order valence-electron chi connectivity index (χ2n) is 17.1. The molecule has 66 heavy (non-hydrogen) atoms. The second-order valence-corrected chi connectivity index (χ2v) is 17.1. The lowest BCUT2D eigenvalue weighted by molar-refractivity contribution is 0.0237. The van der Waals surface area contributed by atoms with E-state index < -0.39 is 5.60 Å². The molecule has 2 aliphatic rings. The molecule has 7 aromatic rings. The van der Waals surface area contributed by atoms with Gasteiger partial charge in [-0.2, -0.15) is 0 Å². The Morgan fingerprint density at radius 2 is 1.36 bits per heavy atom. The third-order valence-corrected chi connectivity index (χ3v) is 11.4. The molecule has 16 nitrogen and oxygen atoms in total. The van der Waals surface area contributed by atoms with Crippen molar-refractivity contribution in [2.75, 3.05) is 50.9 Å². The Morgan fingerprint density at radius 3 is 1.88 bits per heavy atom. The number of amides is 1. The van der Waals surface area contributed by atoms with E-state index in [9.17, 15) is 9.90 Å². The highest BCUT2D eigenvalue weighted by molar-refractivity contribution is 6.09. The minimum Gasteiger partial charge on any atom is -0.444 e. The fourth-order valence-corrected chi connectivity index (χ4v) is 8.18. The topological polar surface area (TPSA) is 209 Å². The number of aliphatic hydroxyl groups excluding tert-OH is 1. The number of ether oxygens (including phenoxy) is 2. The number of carbonyl (C=O) groups excluding carboxylic acids is 1. The van der Waals surface area contributed by atoms with Gasteiger partial charge in [-0.15, -0.1) is 0 Å². The van der Waals surface area contributed by atoms with Gasteiger partial charge in [0.2, 0.25) is 0 Å². The maximum absolute atomic E-state index is 13.0. The van der Waals surface area contributed by atoms with E-state index in [1.165, 1.54) is 5.57 Å². The van der Waals surface area contributed by atoms with E-state index in [2.05, 4.69) is 54.1 Å². The van der Waals surface area contributed by atoms with Gasteiger partial charge >= 0.3 is 6.09 Å². The van der Waals surface area contributed by atoms with Crippen molar-refractivity contribution in [1.82, 2.24) is 39.3 Å². The zero-order valence-electron chi connectivity index (χ0n) is 38.3. The first-order valence-corrected chi connectivity index (χ1v) is 22.4. The van der Waals surface area contributed by atoms with Crippen LogP contribution in [0.25, 0.3) is 55.0 Å². The van der Waals surface area contributed by atoms with Gasteiger partial charge in [-0.3, -0.25) is 9.98 Å². The molecular weight excluding hydrogens is 833 g/mol. The van der Waals surface area contributed by atoms with Crippen molar-refractivity contribution < 1.29 is 19.4 Å². The fraction of sp³-hybridized carbons (Fsp3) is 0.340. The van der Waals surface area contributed by atoms with Gasteiger partial charge in [0.25, 0.3) is 0 Å². The molecule has 0 fully saturated rings. The number of anilines is 2. The molecule has 4 aromatic heterocycles. The summed E-state index contributed by atoms with van der Waals surface area (Å²) in [6.07, 6.45) is 7.31. The Bertz CT molecular complexity index is 3020. The molecule has 0 atom stereocenters. The zero-order valence-corrected chi connectivity index (χ0v) is 38.3. The van der Waals surface area contributed by atoms with Crippen LogP contribution in [-0.4, -0.2) is 103 Å². The molecule has 3 aromatic carbocycles. The molecular formula is C50H58N12O4. The molecule has 0 saturated carbocycles. The van der Waals surface area contributed by atoms with Crippen LogP contribution < -0.4 is 16.8 Å². The first-order valence-electron chi connectivity index (χ1n) is 22.4. The van der Waals surface area contributed by atoms with Crippen molar-refractivity contribution in [1.29, 1.82) is 0 Å². The molecule has 1 amide bonds. The average molecular weight is 891 g/mol. The number of fused-ring (bicyclic) bond motifs is 6. The van der Waals surface area contributed by atoms with Gasteiger partial charge in [0, 0.05) is 42.8 Å². The summed E-state index contributed by atoms with van der Waals surface area (Å²) < 4.78 is 15.8. The third kappa shape index (κ3) is 9.95. The molecule has 0 saturated heterocycles. The van der Waals surface area contributed by atoms with E-state index in [0.29, 0.717) is 81.0 Å². The zero-order chi connectivity index (χ0) is 46.4. The minimum atomic E-state index is -0.599. The molecule has 6 heterocycles. The van der Waals surface area contributed by atoms with Crippen molar-refractivity contribution in [3.8, 4) is 0 Å². The van der Waals surface area contributed by atoms with Crippen molar-refractivity contribution in [2.24, 2.45) is 9.98 Å². The predicted molar refractivity (Wildman–Crippen MR) is 264 cm³/mol. The summed E-state index contributed by atoms with van der Waals surface area (Å²) in [5.41, 5.74) is 22.4. The standard InChI is InChI=1S/C31H36N6O3.C19H22N6O/c1-5-36(30(38)40-31(2,3)4)19-26-35-27-28(37(26)15-16-39-20-21-9-7-6-8-10-21)24-12-11-22(23-13-14-33-18-23)17-25(24)34-29(27)32;1-2-21-11-16-24-17-18(25(16)7-8-26)14-4-3-12(13-5-6-22-10-13)9-15(14)23-19(17)20/h6-14,17H,5,15-16,18-20H2,1-4H3,(H2,32,34);3-6,9,21,26H,2,7-8,10-11H2,1H3,(H2,20,23). The van der Waals surface area contributed by atoms with Gasteiger partial charge < -0.3 is 45.4 Å². The van der Waals surface area contributed by atoms with Crippen LogP contribution in [0.1, 0.15) is 63.0 Å². The SMILES string of the molecule is CCN(Cc1nc2c(N)nc3cc(C4=CC=NC4)ccc3c2n1CCOCc1ccccc1)C(=O)OC(C)(C)C.CCNCc1nc2c(N)nc3cc(C4=CC=NC4)ccc3c2n1CCO.